The highest BCUT2D eigenvalue weighted by Gasteiger charge is 2.42. The maximum atomic E-state index is 11.7. The van der Waals surface area contributed by atoms with Gasteiger partial charge in [0.15, 0.2) is 9.84 Å². The quantitative estimate of drug-likeness (QED) is 0.532. The minimum Gasteiger partial charge on any atom is -0.467 e. The van der Waals surface area contributed by atoms with Crippen molar-refractivity contribution in [2.24, 2.45) is 0 Å². The molecule has 0 aliphatic carbocycles. The van der Waals surface area contributed by atoms with Crippen molar-refractivity contribution in [2.45, 2.75) is 31.1 Å². The van der Waals surface area contributed by atoms with Crippen molar-refractivity contribution in [1.29, 1.82) is 0 Å². The lowest BCUT2D eigenvalue weighted by molar-refractivity contribution is -0.144. The topological polar surface area (TPSA) is 80.8 Å². The van der Waals surface area contributed by atoms with Gasteiger partial charge in [-0.25, -0.2) is 13.2 Å². The van der Waals surface area contributed by atoms with Crippen LogP contribution in [0.5, 0.6) is 0 Å². The molecule has 8 heteroatoms. The molecule has 1 saturated heterocycles. The van der Waals surface area contributed by atoms with Gasteiger partial charge in [-0.05, 0) is 13.3 Å². The van der Waals surface area contributed by atoms with Gasteiger partial charge in [0.25, 0.3) is 0 Å². The summed E-state index contributed by atoms with van der Waals surface area (Å²) in [4.78, 5) is 24.6. The lowest BCUT2D eigenvalue weighted by Gasteiger charge is -2.24. The Hall–Kier alpha value is -1.02. The number of rotatable bonds is 4. The molecule has 0 aromatic rings. The van der Waals surface area contributed by atoms with Gasteiger partial charge in [0.1, 0.15) is 11.8 Å². The molecule has 0 unspecified atom stereocenters. The van der Waals surface area contributed by atoms with Gasteiger partial charge in [-0.15, -0.1) is 0 Å². The minimum absolute atomic E-state index is 0.0271. The molecule has 19 heavy (non-hydrogen) atoms. The zero-order valence-electron chi connectivity index (χ0n) is 11.1. The molecule has 1 aliphatic rings. The highest BCUT2D eigenvalue weighted by Crippen LogP contribution is 2.25. The summed E-state index contributed by atoms with van der Waals surface area (Å²) < 4.78 is 27.8. The van der Waals surface area contributed by atoms with Gasteiger partial charge >= 0.3 is 5.97 Å². The summed E-state index contributed by atoms with van der Waals surface area (Å²) in [6.45, 7) is 1.52. The Bertz CT molecular complexity index is 499. The van der Waals surface area contributed by atoms with Gasteiger partial charge in [-0.3, -0.25) is 4.79 Å². The molecule has 6 nitrogen and oxygen atoms in total. The average Bonchev–Trinajstić information content (AvgIpc) is 2.71. The largest absolute Gasteiger partial charge is 0.467 e. The van der Waals surface area contributed by atoms with Crippen LogP contribution in [-0.4, -0.2) is 61.3 Å². The lowest BCUT2D eigenvalue weighted by atomic mass is 10.2. The van der Waals surface area contributed by atoms with Crippen molar-refractivity contribution in [1.82, 2.24) is 4.90 Å². The Morgan fingerprint density at radius 2 is 2.00 bits per heavy atom. The summed E-state index contributed by atoms with van der Waals surface area (Å²) in [5.74, 6) is -0.659. The molecule has 0 saturated carbocycles. The van der Waals surface area contributed by atoms with Gasteiger partial charge in [0.05, 0.1) is 23.8 Å². The molecule has 1 heterocycles. The molecule has 0 radical (unpaired) electrons. The fraction of sp³-hybridized carbons (Fsp3) is 0.727. The van der Waals surface area contributed by atoms with Crippen molar-refractivity contribution in [3.63, 3.8) is 0 Å². The van der Waals surface area contributed by atoms with Crippen LogP contribution in [0.1, 0.15) is 19.8 Å². The predicted molar refractivity (Wildman–Crippen MR) is 73.7 cm³/mol. The van der Waals surface area contributed by atoms with E-state index in [1.54, 1.807) is 0 Å². The molecule has 0 aromatic heterocycles. The number of carbonyl (C=O) groups excluding carboxylic acids is 2. The van der Waals surface area contributed by atoms with E-state index in [4.69, 9.17) is 12.2 Å². The van der Waals surface area contributed by atoms with E-state index in [9.17, 15) is 18.0 Å². The van der Waals surface area contributed by atoms with Gasteiger partial charge in [0, 0.05) is 12.8 Å². The molecule has 0 spiro atoms. The van der Waals surface area contributed by atoms with E-state index in [0.29, 0.717) is 0 Å². The average molecular weight is 307 g/mol. The summed E-state index contributed by atoms with van der Waals surface area (Å²) in [6, 6.07) is -0.725. The standard InChI is InChI=1S/C11H17NO5S2/c1-7(13)4-10(18)12-6-8(19(3,15)16)5-9(12)11(14)17-2/h8-9H,4-6H2,1-3H3/t8-,9+/m1/s1. The molecule has 1 fully saturated rings. The van der Waals surface area contributed by atoms with Crippen molar-refractivity contribution in [3.8, 4) is 0 Å². The third kappa shape index (κ3) is 3.97. The number of carbonyl (C=O) groups is 2. The molecule has 0 bridgehead atoms. The molecular weight excluding hydrogens is 290 g/mol. The van der Waals surface area contributed by atoms with E-state index < -0.39 is 27.1 Å². The first-order valence-electron chi connectivity index (χ1n) is 5.72. The SMILES string of the molecule is COC(=O)[C@@H]1C[C@@H](S(C)(=O)=O)CN1C(=S)CC(C)=O. The Labute approximate surface area is 118 Å². The molecule has 0 N–H and O–H groups in total. The maximum absolute atomic E-state index is 11.7. The second-order valence-corrected chi connectivity index (χ2v) is 7.45. The number of hydrogen-bond acceptors (Lipinski definition) is 6. The van der Waals surface area contributed by atoms with Crippen LogP contribution >= 0.6 is 12.2 Å². The minimum atomic E-state index is -3.27. The first-order valence-corrected chi connectivity index (χ1v) is 8.08. The van der Waals surface area contributed by atoms with Crippen LogP contribution in [0.3, 0.4) is 0 Å². The molecule has 1 rings (SSSR count). The number of nitrogens with zero attached hydrogens (tertiary/aromatic N) is 1. The van der Waals surface area contributed by atoms with Crippen LogP contribution in [0, 0.1) is 0 Å². The molecule has 0 amide bonds. The zero-order chi connectivity index (χ0) is 14.8. The van der Waals surface area contributed by atoms with Crippen molar-refractivity contribution >= 4 is 38.8 Å². The fourth-order valence-corrected chi connectivity index (χ4v) is 3.43. The molecule has 108 valence electrons. The third-order valence-corrected chi connectivity index (χ3v) is 4.99. The predicted octanol–water partition coefficient (Wildman–Crippen LogP) is -0.0466. The van der Waals surface area contributed by atoms with Crippen molar-refractivity contribution in [2.75, 3.05) is 19.9 Å². The van der Waals surface area contributed by atoms with Gasteiger partial charge in [0.2, 0.25) is 0 Å². The molecule has 0 aromatic carbocycles. The van der Waals surface area contributed by atoms with Gasteiger partial charge < -0.3 is 9.64 Å². The van der Waals surface area contributed by atoms with Crippen LogP contribution in [-0.2, 0) is 24.2 Å². The summed E-state index contributed by atoms with van der Waals surface area (Å²) in [6.07, 6.45) is 1.30. The van der Waals surface area contributed by atoms with E-state index in [-0.39, 0.29) is 30.2 Å². The van der Waals surface area contributed by atoms with E-state index in [1.807, 2.05) is 0 Å². The third-order valence-electron chi connectivity index (χ3n) is 3.06. The number of thiocarbonyl (C=S) groups is 1. The Morgan fingerprint density at radius 3 is 2.42 bits per heavy atom. The Balaban J connectivity index is 2.95. The van der Waals surface area contributed by atoms with E-state index >= 15 is 0 Å². The molecule has 2 atom stereocenters. The number of Topliss-reactive ketones (excluding diaryl/α,β-unsaturated/α-hetero) is 1. The van der Waals surface area contributed by atoms with E-state index in [2.05, 4.69) is 4.74 Å². The summed E-state index contributed by atoms with van der Waals surface area (Å²) in [5.41, 5.74) is 0. The number of ketones is 1. The molecular formula is C11H17NO5S2. The second kappa shape index (κ2) is 5.96. The van der Waals surface area contributed by atoms with Crippen molar-refractivity contribution < 1.29 is 22.7 Å². The fourth-order valence-electron chi connectivity index (χ4n) is 2.06. The smallest absolute Gasteiger partial charge is 0.328 e. The number of esters is 1. The summed E-state index contributed by atoms with van der Waals surface area (Å²) in [5, 5.41) is -0.665. The number of sulfone groups is 1. The first kappa shape index (κ1) is 16.0. The van der Waals surface area contributed by atoms with Gasteiger partial charge in [-0.2, -0.15) is 0 Å². The summed E-state index contributed by atoms with van der Waals surface area (Å²) in [7, 11) is -2.03. The maximum Gasteiger partial charge on any atom is 0.328 e. The number of methoxy groups -OCH3 is 1. The van der Waals surface area contributed by atoms with E-state index in [0.717, 1.165) is 6.26 Å². The number of ether oxygens (including phenoxy) is 1. The van der Waals surface area contributed by atoms with Crippen LogP contribution in [0.25, 0.3) is 0 Å². The van der Waals surface area contributed by atoms with Crippen molar-refractivity contribution in [3.05, 3.63) is 0 Å². The first-order chi connectivity index (χ1) is 8.66. The van der Waals surface area contributed by atoms with Crippen LogP contribution in [0.2, 0.25) is 0 Å². The Kier molecular flexibility index (Phi) is 5.03. The zero-order valence-corrected chi connectivity index (χ0v) is 12.7. The number of likely N-dealkylation sites (tertiary alicyclic amines) is 1. The second-order valence-electron chi connectivity index (χ2n) is 4.65. The van der Waals surface area contributed by atoms with Crippen LogP contribution in [0.15, 0.2) is 0 Å². The Morgan fingerprint density at radius 1 is 1.42 bits per heavy atom. The highest BCUT2D eigenvalue weighted by atomic mass is 32.2. The lowest BCUT2D eigenvalue weighted by Crippen LogP contribution is -2.41. The highest BCUT2D eigenvalue weighted by molar-refractivity contribution is 7.91. The van der Waals surface area contributed by atoms with Crippen LogP contribution in [0.4, 0.5) is 0 Å². The summed E-state index contributed by atoms with van der Waals surface area (Å²) >= 11 is 5.11. The van der Waals surface area contributed by atoms with E-state index in [1.165, 1.54) is 18.9 Å². The van der Waals surface area contributed by atoms with Crippen LogP contribution < -0.4 is 0 Å². The number of hydrogen-bond donors (Lipinski definition) is 0. The normalized spacial score (nSPS) is 23.2. The van der Waals surface area contributed by atoms with Gasteiger partial charge in [-0.1, -0.05) is 12.2 Å². The molecule has 1 aliphatic heterocycles. The monoisotopic (exact) mass is 307 g/mol.